The lowest BCUT2D eigenvalue weighted by atomic mass is 9.81. The Hall–Kier alpha value is -0.940. The number of carbonyl (C=O) groups is 1. The van der Waals surface area contributed by atoms with Crippen molar-refractivity contribution in [2.24, 2.45) is 22.2 Å². The summed E-state index contributed by atoms with van der Waals surface area (Å²) >= 11 is 0. The molecule has 0 aromatic heterocycles. The van der Waals surface area contributed by atoms with Gasteiger partial charge >= 0.3 is 0 Å². The molecule has 0 saturated heterocycles. The van der Waals surface area contributed by atoms with Crippen molar-refractivity contribution in [2.75, 3.05) is 6.54 Å². The van der Waals surface area contributed by atoms with Gasteiger partial charge in [0.15, 0.2) is 0 Å². The van der Waals surface area contributed by atoms with Gasteiger partial charge in [0.2, 0.25) is 0 Å². The molecular weight excluding hydrogens is 266 g/mol. The minimum absolute atomic E-state index is 0.0244. The van der Waals surface area contributed by atoms with Crippen molar-refractivity contribution in [1.29, 1.82) is 0 Å². The van der Waals surface area contributed by atoms with Crippen LogP contribution in [0, 0.1) is 11.3 Å². The van der Waals surface area contributed by atoms with Gasteiger partial charge < -0.3 is 10.8 Å². The van der Waals surface area contributed by atoms with Crippen LogP contribution in [0.2, 0.25) is 0 Å². The highest BCUT2D eigenvalue weighted by atomic mass is 16.3. The standard InChI is InChI=1S/C16H29N3O2/c1-16(2,3)14-11(9-10-17)15(21)19(18-14)12-7-5-4-6-8-13(12)20/h11-13,20H,4-10,17H2,1-3H3. The summed E-state index contributed by atoms with van der Waals surface area (Å²) in [4.78, 5) is 12.8. The number of hydrogen-bond donors (Lipinski definition) is 2. The van der Waals surface area contributed by atoms with E-state index in [4.69, 9.17) is 5.73 Å². The minimum Gasteiger partial charge on any atom is -0.391 e. The lowest BCUT2D eigenvalue weighted by molar-refractivity contribution is -0.136. The molecule has 5 nitrogen and oxygen atoms in total. The first-order chi connectivity index (χ1) is 9.86. The van der Waals surface area contributed by atoms with E-state index < -0.39 is 6.10 Å². The average molecular weight is 295 g/mol. The zero-order valence-electron chi connectivity index (χ0n) is 13.5. The van der Waals surface area contributed by atoms with E-state index in [2.05, 4.69) is 25.9 Å². The summed E-state index contributed by atoms with van der Waals surface area (Å²) in [6.07, 6.45) is 4.97. The second-order valence-electron chi connectivity index (χ2n) is 7.32. The fourth-order valence-corrected chi connectivity index (χ4v) is 3.40. The molecule has 0 aromatic rings. The third-order valence-electron chi connectivity index (χ3n) is 4.55. The van der Waals surface area contributed by atoms with Gasteiger partial charge in [0.1, 0.15) is 0 Å². The van der Waals surface area contributed by atoms with E-state index >= 15 is 0 Å². The van der Waals surface area contributed by atoms with Gasteiger partial charge in [-0.1, -0.05) is 40.0 Å². The molecule has 1 aliphatic heterocycles. The van der Waals surface area contributed by atoms with Crippen LogP contribution in [0.15, 0.2) is 5.10 Å². The maximum atomic E-state index is 12.8. The number of nitrogens with zero attached hydrogens (tertiary/aromatic N) is 2. The van der Waals surface area contributed by atoms with Crippen molar-refractivity contribution >= 4 is 11.6 Å². The molecule has 1 amide bonds. The molecule has 0 bridgehead atoms. The Labute approximate surface area is 127 Å². The first kappa shape index (κ1) is 16.4. The summed E-state index contributed by atoms with van der Waals surface area (Å²) in [6, 6.07) is -0.167. The van der Waals surface area contributed by atoms with Crippen molar-refractivity contribution in [2.45, 2.75) is 71.4 Å². The summed E-state index contributed by atoms with van der Waals surface area (Å²) in [5.74, 6) is -0.193. The second kappa shape index (κ2) is 6.44. The van der Waals surface area contributed by atoms with Gasteiger partial charge in [0.05, 0.1) is 23.8 Å². The van der Waals surface area contributed by atoms with E-state index in [0.717, 1.165) is 37.8 Å². The van der Waals surface area contributed by atoms with Gasteiger partial charge in [-0.15, -0.1) is 0 Å². The van der Waals surface area contributed by atoms with E-state index in [-0.39, 0.29) is 23.3 Å². The summed E-state index contributed by atoms with van der Waals surface area (Å²) < 4.78 is 0. The topological polar surface area (TPSA) is 78.9 Å². The predicted molar refractivity (Wildman–Crippen MR) is 83.8 cm³/mol. The van der Waals surface area contributed by atoms with Gasteiger partial charge in [-0.25, -0.2) is 5.01 Å². The number of nitrogens with two attached hydrogens (primary N) is 1. The Kier molecular flexibility index (Phi) is 5.04. The Balaban J connectivity index is 2.26. The van der Waals surface area contributed by atoms with Crippen LogP contribution in [0.3, 0.4) is 0 Å². The van der Waals surface area contributed by atoms with Crippen molar-refractivity contribution in [3.05, 3.63) is 0 Å². The molecule has 5 heteroatoms. The fourth-order valence-electron chi connectivity index (χ4n) is 3.40. The average Bonchev–Trinajstić information content (AvgIpc) is 2.58. The quantitative estimate of drug-likeness (QED) is 0.780. The Morgan fingerprint density at radius 1 is 1.29 bits per heavy atom. The van der Waals surface area contributed by atoms with Crippen LogP contribution in [-0.2, 0) is 4.79 Å². The van der Waals surface area contributed by atoms with Crippen LogP contribution in [0.5, 0.6) is 0 Å². The third-order valence-corrected chi connectivity index (χ3v) is 4.55. The largest absolute Gasteiger partial charge is 0.391 e. The van der Waals surface area contributed by atoms with Crippen LogP contribution in [0.1, 0.15) is 59.3 Å². The molecule has 21 heavy (non-hydrogen) atoms. The molecule has 0 aromatic carbocycles. The van der Waals surface area contributed by atoms with Crippen LogP contribution in [-0.4, -0.2) is 40.4 Å². The van der Waals surface area contributed by atoms with Gasteiger partial charge in [0, 0.05) is 5.41 Å². The van der Waals surface area contributed by atoms with Gasteiger partial charge in [0.25, 0.3) is 5.91 Å². The molecule has 1 fully saturated rings. The number of carbonyl (C=O) groups excluding carboxylic acids is 1. The lowest BCUT2D eigenvalue weighted by Crippen LogP contribution is -2.43. The molecular formula is C16H29N3O2. The number of aliphatic hydroxyl groups excluding tert-OH is 1. The molecule has 1 saturated carbocycles. The number of hydrazone groups is 1. The van der Waals surface area contributed by atoms with Crippen molar-refractivity contribution in [1.82, 2.24) is 5.01 Å². The van der Waals surface area contributed by atoms with Crippen molar-refractivity contribution < 1.29 is 9.90 Å². The van der Waals surface area contributed by atoms with Crippen molar-refractivity contribution in [3.8, 4) is 0 Å². The smallest absolute Gasteiger partial charge is 0.251 e. The summed E-state index contributed by atoms with van der Waals surface area (Å²) in [7, 11) is 0. The molecule has 1 aliphatic carbocycles. The van der Waals surface area contributed by atoms with Crippen LogP contribution < -0.4 is 5.73 Å². The Morgan fingerprint density at radius 2 is 1.95 bits per heavy atom. The SMILES string of the molecule is CC(C)(C)C1=NN(C2CCCCCC2O)C(=O)C1CCN. The van der Waals surface area contributed by atoms with Crippen LogP contribution in [0.4, 0.5) is 0 Å². The summed E-state index contributed by atoms with van der Waals surface area (Å²) in [5, 5.41) is 16.6. The van der Waals surface area contributed by atoms with Crippen LogP contribution in [0.25, 0.3) is 0 Å². The zero-order valence-corrected chi connectivity index (χ0v) is 13.5. The van der Waals surface area contributed by atoms with E-state index in [0.29, 0.717) is 13.0 Å². The molecule has 2 aliphatic rings. The van der Waals surface area contributed by atoms with Gasteiger partial charge in [-0.2, -0.15) is 5.10 Å². The van der Waals surface area contributed by atoms with Crippen molar-refractivity contribution in [3.63, 3.8) is 0 Å². The predicted octanol–water partition coefficient (Wildman–Crippen LogP) is 1.89. The summed E-state index contributed by atoms with van der Waals surface area (Å²) in [5.41, 5.74) is 6.44. The molecule has 120 valence electrons. The first-order valence-corrected chi connectivity index (χ1v) is 8.16. The molecule has 0 radical (unpaired) electrons. The Bertz CT molecular complexity index is 414. The number of amides is 1. The number of hydrogen-bond acceptors (Lipinski definition) is 4. The maximum Gasteiger partial charge on any atom is 0.251 e. The molecule has 0 spiro atoms. The van der Waals surface area contributed by atoms with Gasteiger partial charge in [-0.3, -0.25) is 4.79 Å². The highest BCUT2D eigenvalue weighted by Crippen LogP contribution is 2.34. The molecule has 3 unspecified atom stereocenters. The summed E-state index contributed by atoms with van der Waals surface area (Å²) in [6.45, 7) is 6.72. The molecule has 2 rings (SSSR count). The van der Waals surface area contributed by atoms with E-state index in [1.807, 2.05) is 0 Å². The third kappa shape index (κ3) is 3.46. The number of rotatable bonds is 3. The normalized spacial score (nSPS) is 31.3. The zero-order chi connectivity index (χ0) is 15.6. The van der Waals surface area contributed by atoms with E-state index in [9.17, 15) is 9.90 Å². The highest BCUT2D eigenvalue weighted by Gasteiger charge is 2.44. The van der Waals surface area contributed by atoms with Gasteiger partial charge in [-0.05, 0) is 25.8 Å². The van der Waals surface area contributed by atoms with E-state index in [1.165, 1.54) is 0 Å². The molecule has 1 heterocycles. The van der Waals surface area contributed by atoms with E-state index in [1.54, 1.807) is 5.01 Å². The molecule has 3 N–H and O–H groups in total. The molecule has 3 atom stereocenters. The number of aliphatic hydroxyl groups is 1. The highest BCUT2D eigenvalue weighted by molar-refractivity contribution is 6.10. The lowest BCUT2D eigenvalue weighted by Gasteiger charge is -2.28. The monoisotopic (exact) mass is 295 g/mol. The Morgan fingerprint density at radius 3 is 2.57 bits per heavy atom. The first-order valence-electron chi connectivity index (χ1n) is 8.16. The maximum absolute atomic E-state index is 12.8. The minimum atomic E-state index is -0.460. The second-order valence-corrected chi connectivity index (χ2v) is 7.32. The van der Waals surface area contributed by atoms with Crippen LogP contribution >= 0.6 is 0 Å². The fraction of sp³-hybridized carbons (Fsp3) is 0.875.